The summed E-state index contributed by atoms with van der Waals surface area (Å²) in [4.78, 5) is 39.9. The molecule has 3 unspecified atom stereocenters. The molecule has 10 heteroatoms. The van der Waals surface area contributed by atoms with E-state index < -0.39 is 26.6 Å². The molecular weight excluding hydrogens is 952 g/mol. The summed E-state index contributed by atoms with van der Waals surface area (Å²) < 4.78 is 30.2. The number of hydrogen-bond donors (Lipinski definition) is 1. The molecule has 75 heavy (non-hydrogen) atoms. The van der Waals surface area contributed by atoms with Crippen LogP contribution in [0.2, 0.25) is 0 Å². The van der Waals surface area contributed by atoms with Crippen LogP contribution in [-0.4, -0.2) is 69.4 Å². The van der Waals surface area contributed by atoms with Gasteiger partial charge in [0.25, 0.3) is 7.82 Å². The van der Waals surface area contributed by atoms with Gasteiger partial charge in [0.2, 0.25) is 5.91 Å². The van der Waals surface area contributed by atoms with Crippen LogP contribution < -0.4 is 10.2 Å². The zero-order valence-electron chi connectivity index (χ0n) is 49.2. The molecule has 0 saturated carbocycles. The molecule has 0 rings (SSSR count). The second-order valence-electron chi connectivity index (χ2n) is 21.5. The van der Waals surface area contributed by atoms with Crippen molar-refractivity contribution in [2.75, 3.05) is 40.9 Å². The molecule has 0 aromatic heterocycles. The maximum atomic E-state index is 13.5. The number of carbonyl (C=O) groups excluding carboxylic acids is 2. The molecule has 0 saturated heterocycles. The zero-order chi connectivity index (χ0) is 55.0. The van der Waals surface area contributed by atoms with Gasteiger partial charge in [0.05, 0.1) is 33.8 Å². The van der Waals surface area contributed by atoms with Crippen LogP contribution in [0.15, 0.2) is 97.2 Å². The van der Waals surface area contributed by atoms with Crippen LogP contribution in [0.3, 0.4) is 0 Å². The second-order valence-corrected chi connectivity index (χ2v) is 22.9. The molecule has 0 aliphatic rings. The zero-order valence-corrected chi connectivity index (χ0v) is 50.1. The Morgan fingerprint density at radius 3 is 1.41 bits per heavy atom. The van der Waals surface area contributed by atoms with E-state index in [2.05, 4.69) is 105 Å². The molecule has 432 valence electrons. The standard InChI is InChI=1S/C65H115N2O7P/c1-7-10-13-16-19-22-25-27-28-29-30-31-32-33-34-35-36-37-38-40-42-45-48-51-54-57-64(68)66-62(61-73-75(70,71)72-60-59-67(4,5)6)63(56-53-50-47-44-41-24-21-18-15-12-9-3)74-65(69)58-55-52-49-46-43-39-26-23-20-17-14-11-8-2/h11,14,17,19-20,22-23,26-28,30-31,33-34,53,56,62-63H,7-10,12-13,15-16,18,21,24-25,29,32,35-52,54-55,57-61H2,1-6H3,(H-,66,68,70,71)/b14-11+,20-17+,22-19-,26-23-,28-27-,31-30-,34-33-,56-53-. The molecule has 0 spiro atoms. The Bertz CT molecular complexity index is 1610. The van der Waals surface area contributed by atoms with E-state index in [1.54, 1.807) is 0 Å². The van der Waals surface area contributed by atoms with E-state index >= 15 is 0 Å². The monoisotopic (exact) mass is 1070 g/mol. The summed E-state index contributed by atoms with van der Waals surface area (Å²) in [6, 6.07) is -0.905. The number of hydrogen-bond acceptors (Lipinski definition) is 7. The fourth-order valence-electron chi connectivity index (χ4n) is 8.33. The van der Waals surface area contributed by atoms with Gasteiger partial charge in [0.15, 0.2) is 0 Å². The lowest BCUT2D eigenvalue weighted by Gasteiger charge is -2.30. The van der Waals surface area contributed by atoms with E-state index in [1.165, 1.54) is 103 Å². The van der Waals surface area contributed by atoms with Crippen molar-refractivity contribution >= 4 is 19.7 Å². The van der Waals surface area contributed by atoms with Gasteiger partial charge in [0.1, 0.15) is 19.3 Å². The average molecular weight is 1070 g/mol. The number of carbonyl (C=O) groups is 2. The highest BCUT2D eigenvalue weighted by molar-refractivity contribution is 7.45. The third-order valence-electron chi connectivity index (χ3n) is 13.1. The number of nitrogens with one attached hydrogen (secondary N) is 1. The maximum absolute atomic E-state index is 13.5. The molecule has 0 bridgehead atoms. The molecule has 0 aliphatic carbocycles. The van der Waals surface area contributed by atoms with Crippen LogP contribution in [-0.2, 0) is 27.9 Å². The summed E-state index contributed by atoms with van der Waals surface area (Å²) in [5.74, 6) is -0.577. The van der Waals surface area contributed by atoms with Gasteiger partial charge in [0, 0.05) is 12.8 Å². The number of phosphoric acid groups is 1. The molecule has 0 heterocycles. The van der Waals surface area contributed by atoms with E-state index in [-0.39, 0.29) is 24.9 Å². The number of rotatable bonds is 54. The van der Waals surface area contributed by atoms with Crippen molar-refractivity contribution in [1.82, 2.24) is 5.32 Å². The summed E-state index contributed by atoms with van der Waals surface area (Å²) in [7, 11) is 1.16. The summed E-state index contributed by atoms with van der Waals surface area (Å²) in [6.07, 6.45) is 72.4. The number of ether oxygens (including phenoxy) is 1. The molecular formula is C65H115N2O7P. The third kappa shape index (κ3) is 55.5. The molecule has 1 amide bonds. The smallest absolute Gasteiger partial charge is 0.306 e. The van der Waals surface area contributed by atoms with Gasteiger partial charge in [-0.25, -0.2) is 0 Å². The van der Waals surface area contributed by atoms with Crippen LogP contribution in [0.5, 0.6) is 0 Å². The Balaban J connectivity index is 5.15. The number of phosphoric ester groups is 1. The molecule has 0 fully saturated rings. The first-order valence-electron chi connectivity index (χ1n) is 30.6. The number of unbranched alkanes of at least 4 members (excludes halogenated alkanes) is 26. The fourth-order valence-corrected chi connectivity index (χ4v) is 9.05. The Labute approximate surface area is 462 Å². The molecule has 0 aliphatic heterocycles. The van der Waals surface area contributed by atoms with Gasteiger partial charge in [-0.15, -0.1) is 0 Å². The van der Waals surface area contributed by atoms with Crippen molar-refractivity contribution in [3.63, 3.8) is 0 Å². The van der Waals surface area contributed by atoms with Gasteiger partial charge in [-0.1, -0.05) is 240 Å². The first-order valence-corrected chi connectivity index (χ1v) is 32.0. The van der Waals surface area contributed by atoms with Gasteiger partial charge < -0.3 is 28.5 Å². The van der Waals surface area contributed by atoms with E-state index in [4.69, 9.17) is 13.8 Å². The predicted molar refractivity (Wildman–Crippen MR) is 321 cm³/mol. The molecule has 9 nitrogen and oxygen atoms in total. The van der Waals surface area contributed by atoms with Crippen LogP contribution >= 0.6 is 7.82 Å². The van der Waals surface area contributed by atoms with Crippen LogP contribution in [0.25, 0.3) is 0 Å². The molecule has 0 aromatic rings. The normalized spacial score (nSPS) is 14.4. The van der Waals surface area contributed by atoms with Crippen molar-refractivity contribution in [2.45, 2.75) is 264 Å². The van der Waals surface area contributed by atoms with Crippen molar-refractivity contribution in [2.24, 2.45) is 0 Å². The van der Waals surface area contributed by atoms with Crippen molar-refractivity contribution < 1.29 is 37.3 Å². The van der Waals surface area contributed by atoms with E-state index in [0.717, 1.165) is 109 Å². The van der Waals surface area contributed by atoms with Crippen LogP contribution in [0.1, 0.15) is 252 Å². The average Bonchev–Trinajstić information content (AvgIpc) is 3.37. The summed E-state index contributed by atoms with van der Waals surface area (Å²) in [5.41, 5.74) is 0. The lowest BCUT2D eigenvalue weighted by Crippen LogP contribution is -2.47. The number of amides is 1. The largest absolute Gasteiger partial charge is 0.756 e. The minimum absolute atomic E-state index is 0.0316. The lowest BCUT2D eigenvalue weighted by molar-refractivity contribution is -0.870. The third-order valence-corrected chi connectivity index (χ3v) is 14.0. The van der Waals surface area contributed by atoms with Crippen LogP contribution in [0, 0.1) is 0 Å². The van der Waals surface area contributed by atoms with Crippen molar-refractivity contribution in [1.29, 1.82) is 0 Å². The minimum atomic E-state index is -4.71. The van der Waals surface area contributed by atoms with Gasteiger partial charge in [-0.2, -0.15) is 0 Å². The van der Waals surface area contributed by atoms with Gasteiger partial charge in [-0.05, 0) is 96.0 Å². The van der Waals surface area contributed by atoms with Crippen LogP contribution in [0.4, 0.5) is 0 Å². The first-order chi connectivity index (χ1) is 36.4. The van der Waals surface area contributed by atoms with Gasteiger partial charge in [-0.3, -0.25) is 14.2 Å². The molecule has 0 radical (unpaired) electrons. The Morgan fingerprint density at radius 2 is 0.907 bits per heavy atom. The van der Waals surface area contributed by atoms with E-state index in [9.17, 15) is 19.0 Å². The number of nitrogens with zero attached hydrogens (tertiary/aromatic N) is 1. The Morgan fingerprint density at radius 1 is 0.493 bits per heavy atom. The number of quaternary nitrogens is 1. The SMILES string of the molecule is CC/C=C/C=C/C=C\CCCCCCCC(=O)OC(/C=C\CCCCCCCCCCC)C(COP(=O)([O-])OCC[N+](C)(C)C)NC(=O)CCCCCCCCCCC/C=C\C/C=C\C/C=C\C/C=C\CCCCC. The van der Waals surface area contributed by atoms with E-state index in [0.29, 0.717) is 23.9 Å². The van der Waals surface area contributed by atoms with Gasteiger partial charge >= 0.3 is 5.97 Å². The number of esters is 1. The molecule has 0 aromatic carbocycles. The first kappa shape index (κ1) is 71.9. The summed E-state index contributed by atoms with van der Waals surface area (Å²) in [6.45, 7) is 6.64. The quantitative estimate of drug-likeness (QED) is 0.0161. The Kier molecular flexibility index (Phi) is 52.1. The topological polar surface area (TPSA) is 114 Å². The lowest BCUT2D eigenvalue weighted by atomic mass is 10.0. The fraction of sp³-hybridized carbons (Fsp3) is 0.723. The van der Waals surface area contributed by atoms with E-state index in [1.807, 2.05) is 39.4 Å². The second kappa shape index (κ2) is 54.3. The number of likely N-dealkylation sites (N-methyl/N-ethyl adjacent to an activating group) is 1. The predicted octanol–water partition coefficient (Wildman–Crippen LogP) is 18.1. The highest BCUT2D eigenvalue weighted by atomic mass is 31.2. The summed E-state index contributed by atoms with van der Waals surface area (Å²) >= 11 is 0. The minimum Gasteiger partial charge on any atom is -0.756 e. The van der Waals surface area contributed by atoms with Crippen molar-refractivity contribution in [3.05, 3.63) is 97.2 Å². The van der Waals surface area contributed by atoms with Crippen molar-refractivity contribution in [3.8, 4) is 0 Å². The Hall–Kier alpha value is -3.07. The molecule has 3 atom stereocenters. The highest BCUT2D eigenvalue weighted by Crippen LogP contribution is 2.38. The summed E-state index contributed by atoms with van der Waals surface area (Å²) in [5, 5.41) is 3.01. The highest BCUT2D eigenvalue weighted by Gasteiger charge is 2.27. The maximum Gasteiger partial charge on any atom is 0.306 e. The number of allylic oxidation sites excluding steroid dienone is 15. The molecule has 1 N–H and O–H groups in total.